The zero-order valence-electron chi connectivity index (χ0n) is 12.7. The minimum atomic E-state index is -3.06. The van der Waals surface area contributed by atoms with Crippen molar-refractivity contribution in [1.82, 2.24) is 9.78 Å². The van der Waals surface area contributed by atoms with Crippen LogP contribution < -0.4 is 5.32 Å². The molecule has 6 nitrogen and oxygen atoms in total. The van der Waals surface area contributed by atoms with Crippen LogP contribution in [0.1, 0.15) is 12.5 Å². The Kier molecular flexibility index (Phi) is 5.49. The highest BCUT2D eigenvalue weighted by Gasteiger charge is 2.10. The second-order valence-electron chi connectivity index (χ2n) is 5.06. The van der Waals surface area contributed by atoms with Gasteiger partial charge in [0.05, 0.1) is 18.7 Å². The molecule has 1 amide bonds. The van der Waals surface area contributed by atoms with Crippen LogP contribution in [-0.4, -0.2) is 35.6 Å². The number of hydrogen-bond donors (Lipinski definition) is 1. The van der Waals surface area contributed by atoms with Crippen LogP contribution in [0.25, 0.3) is 0 Å². The summed E-state index contributed by atoms with van der Waals surface area (Å²) < 4.78 is 37.4. The van der Waals surface area contributed by atoms with Gasteiger partial charge in [0, 0.05) is 18.0 Å². The van der Waals surface area contributed by atoms with Crippen molar-refractivity contribution >= 4 is 21.6 Å². The van der Waals surface area contributed by atoms with Crippen molar-refractivity contribution in [3.05, 3.63) is 47.9 Å². The van der Waals surface area contributed by atoms with E-state index in [4.69, 9.17) is 0 Å². The molecular weight excluding hydrogens is 321 g/mol. The third-order valence-corrected chi connectivity index (χ3v) is 4.92. The number of rotatable bonds is 7. The SMILES string of the molecule is CCS(=O)(=O)CCn1ccc(NC(=O)Cc2cccc(F)c2)n1. The van der Waals surface area contributed by atoms with Gasteiger partial charge in [0.1, 0.15) is 5.82 Å². The second kappa shape index (κ2) is 7.36. The van der Waals surface area contributed by atoms with Gasteiger partial charge in [0.15, 0.2) is 15.7 Å². The average Bonchev–Trinajstić information content (AvgIpc) is 2.93. The Morgan fingerprint density at radius 3 is 2.83 bits per heavy atom. The monoisotopic (exact) mass is 339 g/mol. The first-order chi connectivity index (χ1) is 10.9. The van der Waals surface area contributed by atoms with Crippen LogP contribution in [0, 0.1) is 5.82 Å². The fraction of sp³-hybridized carbons (Fsp3) is 0.333. The first-order valence-electron chi connectivity index (χ1n) is 7.16. The Bertz CT molecular complexity index is 787. The van der Waals surface area contributed by atoms with Crippen molar-refractivity contribution in [2.45, 2.75) is 19.9 Å². The first-order valence-corrected chi connectivity index (χ1v) is 8.98. The molecule has 8 heteroatoms. The molecule has 0 spiro atoms. The van der Waals surface area contributed by atoms with Gasteiger partial charge in [-0.1, -0.05) is 19.1 Å². The van der Waals surface area contributed by atoms with Gasteiger partial charge in [0.2, 0.25) is 5.91 Å². The lowest BCUT2D eigenvalue weighted by atomic mass is 10.1. The Labute approximate surface area is 134 Å². The highest BCUT2D eigenvalue weighted by molar-refractivity contribution is 7.91. The van der Waals surface area contributed by atoms with Gasteiger partial charge >= 0.3 is 0 Å². The molecule has 0 fully saturated rings. The molecule has 1 aromatic heterocycles. The fourth-order valence-electron chi connectivity index (χ4n) is 1.95. The van der Waals surface area contributed by atoms with Gasteiger partial charge in [-0.05, 0) is 17.7 Å². The third kappa shape index (κ3) is 5.48. The van der Waals surface area contributed by atoms with Gasteiger partial charge in [0.25, 0.3) is 0 Å². The molecule has 0 saturated carbocycles. The predicted octanol–water partition coefficient (Wildman–Crippen LogP) is 1.64. The van der Waals surface area contributed by atoms with E-state index >= 15 is 0 Å². The number of amides is 1. The van der Waals surface area contributed by atoms with Gasteiger partial charge in [-0.25, -0.2) is 12.8 Å². The van der Waals surface area contributed by atoms with Crippen LogP contribution in [0.15, 0.2) is 36.5 Å². The summed E-state index contributed by atoms with van der Waals surface area (Å²) in [5.74, 6) is -0.285. The maximum atomic E-state index is 13.1. The van der Waals surface area contributed by atoms with Gasteiger partial charge in [-0.3, -0.25) is 9.48 Å². The molecule has 124 valence electrons. The molecule has 0 aliphatic heterocycles. The van der Waals surface area contributed by atoms with E-state index in [0.29, 0.717) is 11.4 Å². The summed E-state index contributed by atoms with van der Waals surface area (Å²) in [5.41, 5.74) is 0.566. The van der Waals surface area contributed by atoms with Gasteiger partial charge in [-0.2, -0.15) is 5.10 Å². The Morgan fingerprint density at radius 2 is 2.13 bits per heavy atom. The van der Waals surface area contributed by atoms with Gasteiger partial charge in [-0.15, -0.1) is 0 Å². The van der Waals surface area contributed by atoms with E-state index in [-0.39, 0.29) is 30.4 Å². The maximum absolute atomic E-state index is 13.1. The smallest absolute Gasteiger partial charge is 0.229 e. The van der Waals surface area contributed by atoms with E-state index in [1.807, 2.05) is 0 Å². The lowest BCUT2D eigenvalue weighted by Gasteiger charge is -2.03. The number of hydrogen-bond acceptors (Lipinski definition) is 4. The first kappa shape index (κ1) is 17.1. The van der Waals surface area contributed by atoms with Crippen molar-refractivity contribution in [1.29, 1.82) is 0 Å². The van der Waals surface area contributed by atoms with E-state index in [0.717, 1.165) is 0 Å². The quantitative estimate of drug-likeness (QED) is 0.831. The summed E-state index contributed by atoms with van der Waals surface area (Å²) >= 11 is 0. The molecule has 2 aromatic rings. The van der Waals surface area contributed by atoms with Crippen LogP contribution in [0.5, 0.6) is 0 Å². The Hall–Kier alpha value is -2.22. The number of sulfone groups is 1. The van der Waals surface area contributed by atoms with Crippen molar-refractivity contribution in [2.24, 2.45) is 0 Å². The van der Waals surface area contributed by atoms with Crippen LogP contribution in [-0.2, 0) is 27.6 Å². The van der Waals surface area contributed by atoms with E-state index in [1.165, 1.54) is 16.8 Å². The van der Waals surface area contributed by atoms with Crippen molar-refractivity contribution in [2.75, 3.05) is 16.8 Å². The number of aromatic nitrogens is 2. The molecule has 0 aliphatic rings. The lowest BCUT2D eigenvalue weighted by molar-refractivity contribution is -0.115. The van der Waals surface area contributed by atoms with Crippen LogP contribution in [0.3, 0.4) is 0 Å². The van der Waals surface area contributed by atoms with Crippen molar-refractivity contribution in [3.8, 4) is 0 Å². The molecule has 0 unspecified atom stereocenters. The lowest BCUT2D eigenvalue weighted by Crippen LogP contribution is -2.17. The number of aryl methyl sites for hydroxylation is 1. The minimum absolute atomic E-state index is 0.00184. The van der Waals surface area contributed by atoms with Crippen LogP contribution in [0.4, 0.5) is 10.2 Å². The molecule has 0 radical (unpaired) electrons. The molecule has 1 aromatic carbocycles. The Morgan fingerprint density at radius 1 is 1.35 bits per heavy atom. The van der Waals surface area contributed by atoms with Crippen molar-refractivity contribution in [3.63, 3.8) is 0 Å². The molecule has 0 bridgehead atoms. The Balaban J connectivity index is 1.90. The van der Waals surface area contributed by atoms with E-state index < -0.39 is 15.7 Å². The molecule has 0 atom stereocenters. The van der Waals surface area contributed by atoms with Crippen LogP contribution in [0.2, 0.25) is 0 Å². The molecule has 1 N–H and O–H groups in total. The second-order valence-corrected chi connectivity index (χ2v) is 7.53. The zero-order valence-corrected chi connectivity index (χ0v) is 13.5. The third-order valence-electron chi connectivity index (χ3n) is 3.23. The van der Waals surface area contributed by atoms with Crippen molar-refractivity contribution < 1.29 is 17.6 Å². The standard InChI is InChI=1S/C15H18FN3O3S/c1-2-23(21,22)9-8-19-7-6-14(18-19)17-15(20)11-12-4-3-5-13(16)10-12/h3-7,10H,2,8-9,11H2,1H3,(H,17,18,20). The summed E-state index contributed by atoms with van der Waals surface area (Å²) in [4.78, 5) is 11.9. The summed E-state index contributed by atoms with van der Waals surface area (Å²) in [6.45, 7) is 1.83. The van der Waals surface area contributed by atoms with E-state index in [1.54, 1.807) is 31.3 Å². The number of nitrogens with one attached hydrogen (secondary N) is 1. The van der Waals surface area contributed by atoms with Gasteiger partial charge < -0.3 is 5.32 Å². The number of carbonyl (C=O) groups excluding carboxylic acids is 1. The summed E-state index contributed by atoms with van der Waals surface area (Å²) in [5, 5.41) is 6.69. The summed E-state index contributed by atoms with van der Waals surface area (Å²) in [6.07, 6.45) is 1.64. The number of halogens is 1. The number of carbonyl (C=O) groups is 1. The highest BCUT2D eigenvalue weighted by atomic mass is 32.2. The maximum Gasteiger partial charge on any atom is 0.229 e. The predicted molar refractivity (Wildman–Crippen MR) is 85.3 cm³/mol. The fourth-order valence-corrected chi connectivity index (χ4v) is 2.70. The molecule has 23 heavy (non-hydrogen) atoms. The normalized spacial score (nSPS) is 11.4. The zero-order chi connectivity index (χ0) is 16.9. The molecule has 0 saturated heterocycles. The topological polar surface area (TPSA) is 81.1 Å². The number of anilines is 1. The number of benzene rings is 1. The molecular formula is C15H18FN3O3S. The highest BCUT2D eigenvalue weighted by Crippen LogP contribution is 2.07. The molecule has 0 aliphatic carbocycles. The average molecular weight is 339 g/mol. The van der Waals surface area contributed by atoms with E-state index in [9.17, 15) is 17.6 Å². The number of nitrogens with zero attached hydrogens (tertiary/aromatic N) is 2. The van der Waals surface area contributed by atoms with E-state index in [2.05, 4.69) is 10.4 Å². The molecule has 1 heterocycles. The molecule has 2 rings (SSSR count). The summed E-state index contributed by atoms with van der Waals surface area (Å²) in [7, 11) is -3.06. The largest absolute Gasteiger partial charge is 0.309 e. The van der Waals surface area contributed by atoms with Crippen LogP contribution >= 0.6 is 0 Å². The summed E-state index contributed by atoms with van der Waals surface area (Å²) in [6, 6.07) is 7.40. The minimum Gasteiger partial charge on any atom is -0.309 e.